The van der Waals surface area contributed by atoms with Crippen LogP contribution in [0.5, 0.6) is 0 Å². The number of hydrogen-bond donors (Lipinski definition) is 1. The van der Waals surface area contributed by atoms with Crippen molar-refractivity contribution >= 4 is 16.8 Å². The number of carbonyl (C=O) groups is 1. The monoisotopic (exact) mass is 348 g/mol. The number of nitrogens with one attached hydrogen (secondary N) is 1. The van der Waals surface area contributed by atoms with Crippen molar-refractivity contribution in [3.63, 3.8) is 0 Å². The molecule has 4 aromatic rings. The van der Waals surface area contributed by atoms with E-state index in [1.165, 1.54) is 0 Å². The standard InChI is InChI=1S/C19H16N4O3/c1-11(19-21-12(2)23-26-19)20-18(24)14-10-16(17-8-5-9-25-17)22-15-7-4-3-6-13(14)15/h3-11H,1-2H3,(H,20,24)/t11-/m0/s1. The van der Waals surface area contributed by atoms with Crippen LogP contribution in [0.4, 0.5) is 0 Å². The average Bonchev–Trinajstić information content (AvgIpc) is 3.32. The highest BCUT2D eigenvalue weighted by Gasteiger charge is 2.20. The maximum absolute atomic E-state index is 12.9. The van der Waals surface area contributed by atoms with Crippen LogP contribution in [0.3, 0.4) is 0 Å². The van der Waals surface area contributed by atoms with Gasteiger partial charge in [0.05, 0.1) is 17.3 Å². The number of hydrogen-bond acceptors (Lipinski definition) is 6. The lowest BCUT2D eigenvalue weighted by molar-refractivity contribution is 0.0934. The lowest BCUT2D eigenvalue weighted by atomic mass is 10.1. The lowest BCUT2D eigenvalue weighted by Gasteiger charge is -2.12. The van der Waals surface area contributed by atoms with Crippen LogP contribution in [0.1, 0.15) is 35.0 Å². The highest BCUT2D eigenvalue weighted by Crippen LogP contribution is 2.25. The van der Waals surface area contributed by atoms with E-state index in [-0.39, 0.29) is 5.91 Å². The fourth-order valence-electron chi connectivity index (χ4n) is 2.74. The van der Waals surface area contributed by atoms with Gasteiger partial charge in [-0.3, -0.25) is 4.79 Å². The molecule has 1 atom stereocenters. The van der Waals surface area contributed by atoms with Crippen molar-refractivity contribution in [2.24, 2.45) is 0 Å². The summed E-state index contributed by atoms with van der Waals surface area (Å²) in [5.41, 5.74) is 1.82. The minimum Gasteiger partial charge on any atom is -0.463 e. The number of pyridine rings is 1. The number of aryl methyl sites for hydroxylation is 1. The third-order valence-corrected chi connectivity index (χ3v) is 4.00. The van der Waals surface area contributed by atoms with E-state index in [1.54, 1.807) is 32.2 Å². The maximum atomic E-state index is 12.9. The summed E-state index contributed by atoms with van der Waals surface area (Å²) in [4.78, 5) is 21.7. The maximum Gasteiger partial charge on any atom is 0.252 e. The molecule has 3 heterocycles. The van der Waals surface area contributed by atoms with E-state index >= 15 is 0 Å². The van der Waals surface area contributed by atoms with Crippen LogP contribution < -0.4 is 5.32 Å². The largest absolute Gasteiger partial charge is 0.463 e. The summed E-state index contributed by atoms with van der Waals surface area (Å²) in [6.07, 6.45) is 1.58. The molecule has 0 aliphatic carbocycles. The van der Waals surface area contributed by atoms with E-state index in [9.17, 15) is 4.79 Å². The number of amides is 1. The van der Waals surface area contributed by atoms with Gasteiger partial charge in [-0.15, -0.1) is 0 Å². The molecule has 7 heteroatoms. The molecule has 130 valence electrons. The van der Waals surface area contributed by atoms with Crippen molar-refractivity contribution in [2.45, 2.75) is 19.9 Å². The number of rotatable bonds is 4. The molecule has 3 aromatic heterocycles. The van der Waals surface area contributed by atoms with Gasteiger partial charge < -0.3 is 14.3 Å². The predicted molar refractivity (Wildman–Crippen MR) is 94.4 cm³/mol. The molecule has 0 aliphatic rings. The van der Waals surface area contributed by atoms with Crippen molar-refractivity contribution in [2.75, 3.05) is 0 Å². The Balaban J connectivity index is 1.73. The Morgan fingerprint density at radius 2 is 2.00 bits per heavy atom. The molecule has 0 fully saturated rings. The molecule has 4 rings (SSSR count). The van der Waals surface area contributed by atoms with E-state index in [0.29, 0.717) is 34.2 Å². The molecular weight excluding hydrogens is 332 g/mol. The number of nitrogens with zero attached hydrogens (tertiary/aromatic N) is 3. The normalized spacial score (nSPS) is 12.2. The van der Waals surface area contributed by atoms with Crippen molar-refractivity contribution in [3.05, 3.63) is 66.0 Å². The van der Waals surface area contributed by atoms with Gasteiger partial charge in [0.15, 0.2) is 11.6 Å². The van der Waals surface area contributed by atoms with Gasteiger partial charge in [-0.25, -0.2) is 4.98 Å². The lowest BCUT2D eigenvalue weighted by Crippen LogP contribution is -2.27. The Bertz CT molecular complexity index is 1070. The van der Waals surface area contributed by atoms with E-state index in [1.807, 2.05) is 30.3 Å². The van der Waals surface area contributed by atoms with Crippen LogP contribution in [-0.2, 0) is 0 Å². The van der Waals surface area contributed by atoms with Gasteiger partial charge in [-0.2, -0.15) is 4.98 Å². The van der Waals surface area contributed by atoms with Gasteiger partial charge in [-0.05, 0) is 38.1 Å². The summed E-state index contributed by atoms with van der Waals surface area (Å²) in [5, 5.41) is 7.41. The third kappa shape index (κ3) is 2.95. The van der Waals surface area contributed by atoms with Crippen molar-refractivity contribution < 1.29 is 13.7 Å². The number of aromatic nitrogens is 3. The number of para-hydroxylation sites is 1. The second-order valence-electron chi connectivity index (χ2n) is 5.92. The second-order valence-corrected chi connectivity index (χ2v) is 5.92. The zero-order chi connectivity index (χ0) is 18.1. The molecule has 0 unspecified atom stereocenters. The summed E-state index contributed by atoms with van der Waals surface area (Å²) < 4.78 is 10.6. The van der Waals surface area contributed by atoms with Gasteiger partial charge in [0.1, 0.15) is 11.7 Å². The highest BCUT2D eigenvalue weighted by molar-refractivity contribution is 6.07. The van der Waals surface area contributed by atoms with Crippen molar-refractivity contribution in [3.8, 4) is 11.5 Å². The van der Waals surface area contributed by atoms with Gasteiger partial charge in [-0.1, -0.05) is 23.4 Å². The smallest absolute Gasteiger partial charge is 0.252 e. The third-order valence-electron chi connectivity index (χ3n) is 4.00. The Kier molecular flexibility index (Phi) is 3.96. The SMILES string of the molecule is Cc1noc([C@H](C)NC(=O)c2cc(-c3ccco3)nc3ccccc23)n1. The van der Waals surface area contributed by atoms with Crippen LogP contribution in [0.25, 0.3) is 22.4 Å². The zero-order valence-corrected chi connectivity index (χ0v) is 14.3. The van der Waals surface area contributed by atoms with E-state index in [4.69, 9.17) is 8.94 Å². The molecule has 1 aromatic carbocycles. The summed E-state index contributed by atoms with van der Waals surface area (Å²) in [6, 6.07) is 12.4. The molecule has 0 spiro atoms. The number of carbonyl (C=O) groups excluding carboxylic acids is 1. The Morgan fingerprint density at radius 3 is 2.73 bits per heavy atom. The first-order chi connectivity index (χ1) is 12.6. The molecule has 1 N–H and O–H groups in total. The van der Waals surface area contributed by atoms with E-state index < -0.39 is 6.04 Å². The molecule has 0 aliphatic heterocycles. The topological polar surface area (TPSA) is 94.1 Å². The van der Waals surface area contributed by atoms with Crippen LogP contribution >= 0.6 is 0 Å². The predicted octanol–water partition coefficient (Wildman–Crippen LogP) is 3.68. The fraction of sp³-hybridized carbons (Fsp3) is 0.158. The summed E-state index contributed by atoms with van der Waals surface area (Å²) in [7, 11) is 0. The molecule has 0 saturated carbocycles. The van der Waals surface area contributed by atoms with Gasteiger partial charge in [0.25, 0.3) is 5.91 Å². The zero-order valence-electron chi connectivity index (χ0n) is 14.3. The second kappa shape index (κ2) is 6.44. The first-order valence-electron chi connectivity index (χ1n) is 8.16. The fourth-order valence-corrected chi connectivity index (χ4v) is 2.74. The minimum atomic E-state index is -0.414. The van der Waals surface area contributed by atoms with Crippen LogP contribution in [0.15, 0.2) is 57.7 Å². The molecule has 0 saturated heterocycles. The molecule has 1 amide bonds. The Hall–Kier alpha value is -3.48. The summed E-state index contributed by atoms with van der Waals surface area (Å²) in [6.45, 7) is 3.52. The molecule has 0 bridgehead atoms. The van der Waals surface area contributed by atoms with Gasteiger partial charge in [0, 0.05) is 5.39 Å². The van der Waals surface area contributed by atoms with Gasteiger partial charge >= 0.3 is 0 Å². The van der Waals surface area contributed by atoms with Gasteiger partial charge in [0.2, 0.25) is 5.89 Å². The van der Waals surface area contributed by atoms with Crippen LogP contribution in [-0.4, -0.2) is 21.0 Å². The average molecular weight is 348 g/mol. The highest BCUT2D eigenvalue weighted by atomic mass is 16.5. The number of furan rings is 1. The van der Waals surface area contributed by atoms with E-state index in [0.717, 1.165) is 5.39 Å². The first-order valence-corrected chi connectivity index (χ1v) is 8.16. The molecular formula is C19H16N4O3. The molecule has 7 nitrogen and oxygen atoms in total. The van der Waals surface area contributed by atoms with Crippen molar-refractivity contribution in [1.29, 1.82) is 0 Å². The summed E-state index contributed by atoms with van der Waals surface area (Å²) in [5.74, 6) is 1.24. The van der Waals surface area contributed by atoms with Crippen LogP contribution in [0, 0.1) is 6.92 Å². The quantitative estimate of drug-likeness (QED) is 0.604. The Labute approximate surface area is 149 Å². The first kappa shape index (κ1) is 16.0. The Morgan fingerprint density at radius 1 is 1.15 bits per heavy atom. The minimum absolute atomic E-state index is 0.250. The van der Waals surface area contributed by atoms with Crippen LogP contribution in [0.2, 0.25) is 0 Å². The molecule has 26 heavy (non-hydrogen) atoms. The number of fused-ring (bicyclic) bond motifs is 1. The summed E-state index contributed by atoms with van der Waals surface area (Å²) >= 11 is 0. The molecule has 0 radical (unpaired) electrons. The number of benzene rings is 1. The van der Waals surface area contributed by atoms with E-state index in [2.05, 4.69) is 20.4 Å². The van der Waals surface area contributed by atoms with Crippen molar-refractivity contribution in [1.82, 2.24) is 20.4 Å².